The van der Waals surface area contributed by atoms with Crippen molar-refractivity contribution in [2.24, 2.45) is 0 Å². The van der Waals surface area contributed by atoms with Gasteiger partial charge in [-0.15, -0.1) is 0 Å². The zero-order valence-electron chi connectivity index (χ0n) is 16.9. The molecule has 8 N–H and O–H groups in total. The fraction of sp³-hybridized carbons (Fsp3) is 0.238. The van der Waals surface area contributed by atoms with Gasteiger partial charge in [0.25, 0.3) is 0 Å². The van der Waals surface area contributed by atoms with Gasteiger partial charge in [-0.2, -0.15) is 0 Å². The van der Waals surface area contributed by atoms with E-state index in [2.05, 4.69) is 0 Å². The highest BCUT2D eigenvalue weighted by atomic mass is 16.7. The number of carboxylic acids is 1. The Balaban J connectivity index is 1.85. The Morgan fingerprint density at radius 1 is 0.853 bits per heavy atom. The minimum atomic E-state index is -2.01. The van der Waals surface area contributed by atoms with Crippen LogP contribution in [-0.2, 0) is 9.53 Å². The topological polar surface area (TPSA) is 228 Å². The lowest BCUT2D eigenvalue weighted by Crippen LogP contribution is -2.61. The van der Waals surface area contributed by atoms with Crippen LogP contribution in [0.25, 0.3) is 22.3 Å². The van der Waals surface area contributed by atoms with E-state index >= 15 is 0 Å². The van der Waals surface area contributed by atoms with Gasteiger partial charge in [0.05, 0.1) is 0 Å². The monoisotopic (exact) mass is 478 g/mol. The third-order valence-corrected chi connectivity index (χ3v) is 5.22. The van der Waals surface area contributed by atoms with Gasteiger partial charge in [0.1, 0.15) is 35.2 Å². The molecule has 0 spiro atoms. The predicted octanol–water partition coefficient (Wildman–Crippen LogP) is -0.447. The number of hydrogen-bond donors (Lipinski definition) is 8. The summed E-state index contributed by atoms with van der Waals surface area (Å²) in [6.45, 7) is 0. The number of aliphatic hydroxyl groups excluding tert-OH is 3. The summed E-state index contributed by atoms with van der Waals surface area (Å²) in [7, 11) is 0. The number of aliphatic hydroxyl groups is 3. The maximum absolute atomic E-state index is 12.7. The first-order chi connectivity index (χ1) is 16.0. The van der Waals surface area contributed by atoms with Gasteiger partial charge in [-0.05, 0) is 18.2 Å². The lowest BCUT2D eigenvalue weighted by molar-refractivity contribution is -0.271. The Morgan fingerprint density at radius 2 is 1.56 bits per heavy atom. The van der Waals surface area contributed by atoms with Crippen LogP contribution in [0.1, 0.15) is 0 Å². The van der Waals surface area contributed by atoms with E-state index in [1.807, 2.05) is 0 Å². The maximum Gasteiger partial charge on any atom is 0.335 e. The molecule has 5 unspecified atom stereocenters. The SMILES string of the molecule is O=C(O)C1OC(Oc2c(O)cc(O)c3c(=O)cc(-c4ccc(O)c(O)c4)oc23)C(O)C(O)C1O. The minimum absolute atomic E-state index is 0.113. The van der Waals surface area contributed by atoms with Crippen molar-refractivity contribution in [3.05, 3.63) is 40.6 Å². The van der Waals surface area contributed by atoms with Crippen molar-refractivity contribution in [1.29, 1.82) is 0 Å². The molecule has 1 fully saturated rings. The maximum atomic E-state index is 12.7. The average molecular weight is 478 g/mol. The van der Waals surface area contributed by atoms with Gasteiger partial charge < -0.3 is 54.7 Å². The van der Waals surface area contributed by atoms with Crippen LogP contribution >= 0.6 is 0 Å². The number of aromatic hydroxyl groups is 4. The van der Waals surface area contributed by atoms with Crippen LogP contribution in [-0.4, -0.2) is 77.5 Å². The van der Waals surface area contributed by atoms with E-state index in [1.165, 1.54) is 6.07 Å². The van der Waals surface area contributed by atoms with Gasteiger partial charge in [0.15, 0.2) is 34.4 Å². The fourth-order valence-corrected chi connectivity index (χ4v) is 3.48. The number of benzene rings is 2. The molecule has 0 saturated carbocycles. The Morgan fingerprint density at radius 3 is 2.21 bits per heavy atom. The molecule has 1 aromatic heterocycles. The quantitative estimate of drug-likeness (QED) is 0.223. The Labute approximate surface area is 188 Å². The minimum Gasteiger partial charge on any atom is -0.507 e. The number of fused-ring (bicyclic) bond motifs is 1. The van der Waals surface area contributed by atoms with Crippen LogP contribution < -0.4 is 10.2 Å². The van der Waals surface area contributed by atoms with E-state index in [1.54, 1.807) is 0 Å². The van der Waals surface area contributed by atoms with E-state index in [0.29, 0.717) is 0 Å². The zero-order valence-corrected chi connectivity index (χ0v) is 16.9. The summed E-state index contributed by atoms with van der Waals surface area (Å²) in [4.78, 5) is 24.0. The zero-order chi connectivity index (χ0) is 24.9. The molecule has 34 heavy (non-hydrogen) atoms. The molecule has 13 nitrogen and oxygen atoms in total. The first kappa shape index (κ1) is 23.1. The van der Waals surface area contributed by atoms with Crippen LogP contribution in [0.4, 0.5) is 0 Å². The summed E-state index contributed by atoms with van der Waals surface area (Å²) in [6.07, 6.45) is -9.95. The van der Waals surface area contributed by atoms with Gasteiger partial charge in [0.2, 0.25) is 12.0 Å². The van der Waals surface area contributed by atoms with Gasteiger partial charge in [-0.25, -0.2) is 4.79 Å². The average Bonchev–Trinajstić information content (AvgIpc) is 2.77. The number of rotatable bonds is 4. The molecule has 2 aromatic carbocycles. The van der Waals surface area contributed by atoms with Gasteiger partial charge in [0, 0.05) is 17.7 Å². The van der Waals surface area contributed by atoms with Crippen molar-refractivity contribution in [3.8, 4) is 40.1 Å². The molecular formula is C21H18O13. The Bertz CT molecular complexity index is 1330. The molecule has 180 valence electrons. The first-order valence-corrected chi connectivity index (χ1v) is 9.64. The molecule has 1 aliphatic rings. The highest BCUT2D eigenvalue weighted by molar-refractivity contribution is 5.91. The largest absolute Gasteiger partial charge is 0.507 e. The molecule has 0 radical (unpaired) electrons. The highest BCUT2D eigenvalue weighted by Gasteiger charge is 2.48. The van der Waals surface area contributed by atoms with Crippen LogP contribution in [0.3, 0.4) is 0 Å². The summed E-state index contributed by atoms with van der Waals surface area (Å²) in [5.41, 5.74) is -1.24. The molecule has 5 atom stereocenters. The smallest absolute Gasteiger partial charge is 0.335 e. The van der Waals surface area contributed by atoms with Crippen molar-refractivity contribution in [1.82, 2.24) is 0 Å². The lowest BCUT2D eigenvalue weighted by Gasteiger charge is -2.38. The van der Waals surface area contributed by atoms with Gasteiger partial charge in [-0.1, -0.05) is 0 Å². The highest BCUT2D eigenvalue weighted by Crippen LogP contribution is 2.42. The van der Waals surface area contributed by atoms with Crippen LogP contribution in [0, 0.1) is 0 Å². The molecule has 1 saturated heterocycles. The Hall–Kier alpha value is -4.04. The van der Waals surface area contributed by atoms with E-state index in [-0.39, 0.29) is 11.3 Å². The standard InChI is InChI=1S/C21H18O13/c22-7-2-1-6(3-8(7)23)12-5-10(25)13-9(24)4-11(26)17(18(13)32-12)33-21-16(29)14(27)15(28)19(34-21)20(30)31/h1-5,14-16,19,21-24,26-29H,(H,30,31). The van der Waals surface area contributed by atoms with Crippen molar-refractivity contribution >= 4 is 16.9 Å². The normalized spacial score (nSPS) is 24.7. The van der Waals surface area contributed by atoms with Crippen molar-refractivity contribution in [3.63, 3.8) is 0 Å². The molecular weight excluding hydrogens is 460 g/mol. The number of phenolic OH excluding ortho intramolecular Hbond substituents is 4. The number of carbonyl (C=O) groups is 1. The first-order valence-electron chi connectivity index (χ1n) is 9.64. The second-order valence-corrected chi connectivity index (χ2v) is 7.48. The third-order valence-electron chi connectivity index (χ3n) is 5.22. The second-order valence-electron chi connectivity index (χ2n) is 7.48. The molecule has 2 heterocycles. The molecule has 0 bridgehead atoms. The molecule has 13 heteroatoms. The van der Waals surface area contributed by atoms with Gasteiger partial charge in [-0.3, -0.25) is 4.79 Å². The van der Waals surface area contributed by atoms with Gasteiger partial charge >= 0.3 is 5.97 Å². The van der Waals surface area contributed by atoms with Crippen molar-refractivity contribution in [2.45, 2.75) is 30.7 Å². The number of carboxylic acid groups (broad SMARTS) is 1. The fourth-order valence-electron chi connectivity index (χ4n) is 3.48. The molecule has 0 aliphatic carbocycles. The summed E-state index contributed by atoms with van der Waals surface area (Å²) in [6, 6.07) is 5.19. The third kappa shape index (κ3) is 3.82. The number of aliphatic carboxylic acids is 1. The van der Waals surface area contributed by atoms with E-state index in [9.17, 15) is 50.4 Å². The van der Waals surface area contributed by atoms with Crippen molar-refractivity contribution < 1.29 is 59.5 Å². The summed E-state index contributed by atoms with van der Waals surface area (Å²) in [5, 5.41) is 78.5. The molecule has 1 aliphatic heterocycles. The summed E-state index contributed by atoms with van der Waals surface area (Å²) < 4.78 is 16.0. The second kappa shape index (κ2) is 8.39. The summed E-state index contributed by atoms with van der Waals surface area (Å²) in [5.74, 6) is -4.99. The molecule has 0 amide bonds. The van der Waals surface area contributed by atoms with Crippen LogP contribution in [0.5, 0.6) is 28.7 Å². The number of ether oxygens (including phenoxy) is 2. The summed E-state index contributed by atoms with van der Waals surface area (Å²) >= 11 is 0. The van der Waals surface area contributed by atoms with E-state index in [4.69, 9.17) is 13.9 Å². The Kier molecular flexibility index (Phi) is 5.70. The van der Waals surface area contributed by atoms with E-state index in [0.717, 1.165) is 24.3 Å². The van der Waals surface area contributed by atoms with E-state index < -0.39 is 81.8 Å². The molecule has 4 rings (SSSR count). The lowest BCUT2D eigenvalue weighted by atomic mass is 9.99. The predicted molar refractivity (Wildman–Crippen MR) is 110 cm³/mol. The van der Waals surface area contributed by atoms with Crippen molar-refractivity contribution in [2.75, 3.05) is 0 Å². The van der Waals surface area contributed by atoms with Crippen LogP contribution in [0.15, 0.2) is 39.5 Å². The molecule has 3 aromatic rings. The number of hydrogen-bond acceptors (Lipinski definition) is 12. The number of phenols is 4. The van der Waals surface area contributed by atoms with Crippen LogP contribution in [0.2, 0.25) is 0 Å².